The molecule has 0 aliphatic rings. The number of carbonyl (C=O) groups is 1. The Morgan fingerprint density at radius 2 is 1.83 bits per heavy atom. The molecule has 160 valence electrons. The molecule has 3 rings (SSSR count). The molecule has 7 nitrogen and oxygen atoms in total. The molecule has 0 aliphatic carbocycles. The van der Waals surface area contributed by atoms with Crippen molar-refractivity contribution in [3.63, 3.8) is 0 Å². The maximum absolute atomic E-state index is 12.9. The minimum absolute atomic E-state index is 0.0707. The van der Waals surface area contributed by atoms with Gasteiger partial charge in [-0.15, -0.1) is 0 Å². The highest BCUT2D eigenvalue weighted by Gasteiger charge is 2.24. The Hall–Kier alpha value is -2.55. The third-order valence-electron chi connectivity index (χ3n) is 4.54. The first-order valence-electron chi connectivity index (χ1n) is 9.57. The molecule has 0 saturated carbocycles. The van der Waals surface area contributed by atoms with Crippen LogP contribution in [0.2, 0.25) is 5.02 Å². The van der Waals surface area contributed by atoms with Crippen molar-refractivity contribution < 1.29 is 22.4 Å². The normalized spacial score (nSPS) is 11.8. The van der Waals surface area contributed by atoms with Crippen LogP contribution < -0.4 is 10.1 Å². The molecular formula is C21H23ClN2O5S. The smallest absolute Gasteiger partial charge is 0.291 e. The predicted molar refractivity (Wildman–Crippen MR) is 117 cm³/mol. The van der Waals surface area contributed by atoms with Crippen LogP contribution in [0.4, 0.5) is 5.69 Å². The Bertz CT molecular complexity index is 1170. The molecule has 0 fully saturated rings. The highest BCUT2D eigenvalue weighted by molar-refractivity contribution is 7.89. The summed E-state index contributed by atoms with van der Waals surface area (Å²) < 4.78 is 38.2. The van der Waals surface area contributed by atoms with Crippen molar-refractivity contribution in [2.45, 2.75) is 25.7 Å². The number of ether oxygens (including phenoxy) is 1. The number of hydrogen-bond acceptors (Lipinski definition) is 5. The minimum Gasteiger partial charge on any atom is -0.492 e. The van der Waals surface area contributed by atoms with Gasteiger partial charge in [0, 0.05) is 23.5 Å². The Kier molecular flexibility index (Phi) is 6.70. The molecule has 0 unspecified atom stereocenters. The van der Waals surface area contributed by atoms with E-state index in [-0.39, 0.29) is 16.3 Å². The first-order valence-corrected chi connectivity index (χ1v) is 11.4. The quantitative estimate of drug-likeness (QED) is 0.534. The number of anilines is 1. The third kappa shape index (κ3) is 4.45. The SMILES string of the molecule is CCOc1ccc(S(=O)(=O)N(CC)CC)cc1NC(=O)c1cc2cc(Cl)ccc2o1. The van der Waals surface area contributed by atoms with Gasteiger partial charge in [-0.2, -0.15) is 4.31 Å². The molecule has 0 aliphatic heterocycles. The average molecular weight is 451 g/mol. The Morgan fingerprint density at radius 1 is 1.10 bits per heavy atom. The van der Waals surface area contributed by atoms with Crippen LogP contribution in [0.25, 0.3) is 11.0 Å². The molecule has 1 N–H and O–H groups in total. The molecule has 9 heteroatoms. The van der Waals surface area contributed by atoms with Crippen molar-refractivity contribution in [1.29, 1.82) is 0 Å². The van der Waals surface area contributed by atoms with Gasteiger partial charge in [-0.1, -0.05) is 25.4 Å². The van der Waals surface area contributed by atoms with E-state index < -0.39 is 15.9 Å². The van der Waals surface area contributed by atoms with Crippen LogP contribution >= 0.6 is 11.6 Å². The average Bonchev–Trinajstić information content (AvgIpc) is 3.13. The lowest BCUT2D eigenvalue weighted by atomic mass is 10.2. The number of fused-ring (bicyclic) bond motifs is 1. The van der Waals surface area contributed by atoms with E-state index in [1.54, 1.807) is 45.0 Å². The van der Waals surface area contributed by atoms with Crippen molar-refractivity contribution in [2.24, 2.45) is 0 Å². The standard InChI is InChI=1S/C21H23ClN2O5S/c1-4-24(5-2)30(26,27)16-8-10-19(28-6-3)17(13-16)23-21(25)20-12-14-11-15(22)7-9-18(14)29-20/h7-13H,4-6H2,1-3H3,(H,23,25). The van der Waals surface area contributed by atoms with E-state index in [0.717, 1.165) is 0 Å². The lowest BCUT2D eigenvalue weighted by Gasteiger charge is -2.19. The Morgan fingerprint density at radius 3 is 2.50 bits per heavy atom. The monoisotopic (exact) mass is 450 g/mol. The molecule has 1 heterocycles. The van der Waals surface area contributed by atoms with E-state index in [0.29, 0.717) is 41.4 Å². The fourth-order valence-electron chi connectivity index (χ4n) is 3.07. The van der Waals surface area contributed by atoms with Gasteiger partial charge in [0.05, 0.1) is 17.2 Å². The van der Waals surface area contributed by atoms with Gasteiger partial charge < -0.3 is 14.5 Å². The van der Waals surface area contributed by atoms with Crippen LogP contribution in [-0.2, 0) is 10.0 Å². The molecule has 30 heavy (non-hydrogen) atoms. The third-order valence-corrected chi connectivity index (χ3v) is 6.83. The number of hydrogen-bond donors (Lipinski definition) is 1. The summed E-state index contributed by atoms with van der Waals surface area (Å²) >= 11 is 5.98. The van der Waals surface area contributed by atoms with Gasteiger partial charge in [-0.25, -0.2) is 8.42 Å². The molecule has 3 aromatic rings. The summed E-state index contributed by atoms with van der Waals surface area (Å²) in [5, 5.41) is 3.92. The summed E-state index contributed by atoms with van der Waals surface area (Å²) in [5.41, 5.74) is 0.765. The highest BCUT2D eigenvalue weighted by atomic mass is 35.5. The largest absolute Gasteiger partial charge is 0.492 e. The number of sulfonamides is 1. The van der Waals surface area contributed by atoms with Crippen molar-refractivity contribution in [1.82, 2.24) is 4.31 Å². The molecule has 1 aromatic heterocycles. The van der Waals surface area contributed by atoms with E-state index in [4.69, 9.17) is 20.8 Å². The van der Waals surface area contributed by atoms with Crippen LogP contribution in [0, 0.1) is 0 Å². The van der Waals surface area contributed by atoms with Gasteiger partial charge in [0.25, 0.3) is 5.91 Å². The van der Waals surface area contributed by atoms with Gasteiger partial charge in [0.1, 0.15) is 11.3 Å². The number of amides is 1. The van der Waals surface area contributed by atoms with Gasteiger partial charge in [-0.05, 0) is 49.4 Å². The summed E-state index contributed by atoms with van der Waals surface area (Å²) in [5.74, 6) is -0.0871. The van der Waals surface area contributed by atoms with E-state index >= 15 is 0 Å². The molecule has 0 atom stereocenters. The molecule has 0 spiro atoms. The van der Waals surface area contributed by atoms with E-state index in [1.165, 1.54) is 22.5 Å². The Balaban J connectivity index is 1.97. The molecular weight excluding hydrogens is 428 g/mol. The molecule has 0 radical (unpaired) electrons. The topological polar surface area (TPSA) is 88.9 Å². The second-order valence-corrected chi connectivity index (χ2v) is 8.80. The molecule has 0 saturated heterocycles. The zero-order valence-corrected chi connectivity index (χ0v) is 18.5. The van der Waals surface area contributed by atoms with Crippen LogP contribution in [-0.4, -0.2) is 38.3 Å². The number of carbonyl (C=O) groups excluding carboxylic acids is 1. The summed E-state index contributed by atoms with van der Waals surface area (Å²) in [6.45, 7) is 6.38. The van der Waals surface area contributed by atoms with E-state index in [1.807, 2.05) is 0 Å². The van der Waals surface area contributed by atoms with Crippen molar-refractivity contribution in [3.05, 3.63) is 53.2 Å². The van der Waals surface area contributed by atoms with Crippen molar-refractivity contribution in [2.75, 3.05) is 25.0 Å². The van der Waals surface area contributed by atoms with Gasteiger partial charge in [0.15, 0.2) is 5.76 Å². The summed E-state index contributed by atoms with van der Waals surface area (Å²) in [7, 11) is -3.69. The number of nitrogens with zero attached hydrogens (tertiary/aromatic N) is 1. The second kappa shape index (κ2) is 9.07. The van der Waals surface area contributed by atoms with Crippen LogP contribution in [0.15, 0.2) is 51.8 Å². The molecule has 0 bridgehead atoms. The number of benzene rings is 2. The van der Waals surface area contributed by atoms with Crippen molar-refractivity contribution in [3.8, 4) is 5.75 Å². The van der Waals surface area contributed by atoms with Gasteiger partial charge >= 0.3 is 0 Å². The minimum atomic E-state index is -3.69. The highest BCUT2D eigenvalue weighted by Crippen LogP contribution is 2.30. The first kappa shape index (κ1) is 22.1. The zero-order chi connectivity index (χ0) is 21.9. The maximum atomic E-state index is 12.9. The fraction of sp³-hybridized carbons (Fsp3) is 0.286. The van der Waals surface area contributed by atoms with Crippen LogP contribution in [0.3, 0.4) is 0 Å². The molecule has 2 aromatic carbocycles. The van der Waals surface area contributed by atoms with Crippen molar-refractivity contribution >= 4 is 44.2 Å². The van der Waals surface area contributed by atoms with Gasteiger partial charge in [0.2, 0.25) is 10.0 Å². The van der Waals surface area contributed by atoms with Crippen LogP contribution in [0.1, 0.15) is 31.3 Å². The first-order chi connectivity index (χ1) is 14.3. The van der Waals surface area contributed by atoms with Gasteiger partial charge in [-0.3, -0.25) is 4.79 Å². The Labute approximate surface area is 180 Å². The second-order valence-electron chi connectivity index (χ2n) is 6.43. The zero-order valence-electron chi connectivity index (χ0n) is 16.9. The lowest BCUT2D eigenvalue weighted by Crippen LogP contribution is -2.30. The van der Waals surface area contributed by atoms with E-state index in [2.05, 4.69) is 5.32 Å². The number of rotatable bonds is 8. The lowest BCUT2D eigenvalue weighted by molar-refractivity contribution is 0.0998. The number of furan rings is 1. The summed E-state index contributed by atoms with van der Waals surface area (Å²) in [6, 6.07) is 11.0. The van der Waals surface area contributed by atoms with E-state index in [9.17, 15) is 13.2 Å². The number of nitrogens with one attached hydrogen (secondary N) is 1. The van der Waals surface area contributed by atoms with Crippen LogP contribution in [0.5, 0.6) is 5.75 Å². The maximum Gasteiger partial charge on any atom is 0.291 e. The summed E-state index contributed by atoms with van der Waals surface area (Å²) in [4.78, 5) is 12.8. The predicted octanol–water partition coefficient (Wildman–Crippen LogP) is 4.77. The molecule has 1 amide bonds. The number of halogens is 1. The fourth-order valence-corrected chi connectivity index (χ4v) is 4.74. The summed E-state index contributed by atoms with van der Waals surface area (Å²) in [6.07, 6.45) is 0.